The van der Waals surface area contributed by atoms with Gasteiger partial charge < -0.3 is 9.84 Å². The first-order valence-corrected chi connectivity index (χ1v) is 15.0. The molecule has 0 atom stereocenters. The van der Waals surface area contributed by atoms with E-state index in [1.807, 2.05) is 12.1 Å². The van der Waals surface area contributed by atoms with E-state index in [1.54, 1.807) is 6.07 Å². The largest absolute Gasteiger partial charge is 0.478 e. The Hall–Kier alpha value is -2.77. The maximum atomic E-state index is 13.4. The topological polar surface area (TPSA) is 83.9 Å². The molecule has 0 heterocycles. The minimum absolute atomic E-state index is 0.0559. The van der Waals surface area contributed by atoms with E-state index in [2.05, 4.69) is 33.5 Å². The predicted octanol–water partition coefficient (Wildman–Crippen LogP) is 5.60. The SMILES string of the molecule is CC1(C)CCC(=O)c2cc(N(COCC[Si](C)(C)C)C(=O)c3ccc(C(=O)O)cc3)ccc21. The van der Waals surface area contributed by atoms with Crippen LogP contribution in [0, 0.1) is 0 Å². The van der Waals surface area contributed by atoms with Gasteiger partial charge in [0.1, 0.15) is 6.73 Å². The van der Waals surface area contributed by atoms with Crippen molar-refractivity contribution < 1.29 is 24.2 Å². The van der Waals surface area contributed by atoms with Gasteiger partial charge in [-0.1, -0.05) is 39.6 Å². The van der Waals surface area contributed by atoms with Crippen LogP contribution in [0.3, 0.4) is 0 Å². The van der Waals surface area contributed by atoms with Gasteiger partial charge >= 0.3 is 5.97 Å². The van der Waals surface area contributed by atoms with Gasteiger partial charge in [0.05, 0.1) is 5.56 Å². The Morgan fingerprint density at radius 2 is 1.70 bits per heavy atom. The van der Waals surface area contributed by atoms with Gasteiger partial charge in [0.2, 0.25) is 0 Å². The van der Waals surface area contributed by atoms with Gasteiger partial charge in [-0.25, -0.2) is 4.79 Å². The molecule has 1 aliphatic carbocycles. The molecule has 0 aliphatic heterocycles. The van der Waals surface area contributed by atoms with Crippen molar-refractivity contribution in [2.45, 2.75) is 57.8 Å². The third kappa shape index (κ3) is 5.97. The maximum absolute atomic E-state index is 13.4. The van der Waals surface area contributed by atoms with Crippen LogP contribution in [0.2, 0.25) is 25.7 Å². The van der Waals surface area contributed by atoms with Gasteiger partial charge in [0.25, 0.3) is 5.91 Å². The number of carbonyl (C=O) groups is 3. The highest BCUT2D eigenvalue weighted by Crippen LogP contribution is 2.38. The summed E-state index contributed by atoms with van der Waals surface area (Å²) in [6.45, 7) is 11.7. The van der Waals surface area contributed by atoms with Gasteiger partial charge in [-0.3, -0.25) is 14.5 Å². The van der Waals surface area contributed by atoms with E-state index < -0.39 is 14.0 Å². The van der Waals surface area contributed by atoms with E-state index in [1.165, 1.54) is 29.2 Å². The number of Topliss-reactive ketones (excluding diaryl/α,β-unsaturated/α-hetero) is 1. The summed E-state index contributed by atoms with van der Waals surface area (Å²) in [6, 6.07) is 12.4. The third-order valence-corrected chi connectivity index (χ3v) is 7.87. The van der Waals surface area contributed by atoms with Crippen molar-refractivity contribution in [3.8, 4) is 0 Å². The zero-order valence-electron chi connectivity index (χ0n) is 20.1. The van der Waals surface area contributed by atoms with E-state index in [-0.39, 0.29) is 29.4 Å². The first-order valence-electron chi connectivity index (χ1n) is 11.3. The molecule has 0 spiro atoms. The lowest BCUT2D eigenvalue weighted by Gasteiger charge is -2.33. The number of anilines is 1. The second kappa shape index (κ2) is 9.61. The zero-order chi connectivity index (χ0) is 24.4. The summed E-state index contributed by atoms with van der Waals surface area (Å²) >= 11 is 0. The quantitative estimate of drug-likeness (QED) is 0.310. The predicted molar refractivity (Wildman–Crippen MR) is 132 cm³/mol. The van der Waals surface area contributed by atoms with Crippen molar-refractivity contribution in [1.82, 2.24) is 0 Å². The molecule has 1 N–H and O–H groups in total. The maximum Gasteiger partial charge on any atom is 0.335 e. The molecule has 3 rings (SSSR count). The molecular formula is C26H33NO5Si. The Morgan fingerprint density at radius 1 is 1.06 bits per heavy atom. The molecule has 0 aromatic heterocycles. The number of carbonyl (C=O) groups excluding carboxylic acids is 2. The van der Waals surface area contributed by atoms with Crippen LogP contribution < -0.4 is 4.90 Å². The third-order valence-electron chi connectivity index (χ3n) is 6.16. The van der Waals surface area contributed by atoms with Crippen molar-refractivity contribution in [1.29, 1.82) is 0 Å². The molecule has 7 heteroatoms. The van der Waals surface area contributed by atoms with Gasteiger partial charge in [0, 0.05) is 37.9 Å². The number of hydrogen-bond donors (Lipinski definition) is 1. The van der Waals surface area contributed by atoms with Gasteiger partial charge in [-0.05, 0) is 59.8 Å². The molecular weight excluding hydrogens is 434 g/mol. The van der Waals surface area contributed by atoms with Crippen LogP contribution in [0.25, 0.3) is 0 Å². The average molecular weight is 468 g/mol. The van der Waals surface area contributed by atoms with E-state index >= 15 is 0 Å². The summed E-state index contributed by atoms with van der Waals surface area (Å²) < 4.78 is 5.90. The van der Waals surface area contributed by atoms with Crippen molar-refractivity contribution in [2.24, 2.45) is 0 Å². The average Bonchev–Trinajstić information content (AvgIpc) is 2.75. The highest BCUT2D eigenvalue weighted by molar-refractivity contribution is 6.76. The van der Waals surface area contributed by atoms with Crippen LogP contribution in [-0.4, -0.2) is 44.2 Å². The van der Waals surface area contributed by atoms with Crippen LogP contribution in [0.5, 0.6) is 0 Å². The highest BCUT2D eigenvalue weighted by Gasteiger charge is 2.32. The monoisotopic (exact) mass is 467 g/mol. The van der Waals surface area contributed by atoms with Gasteiger partial charge in [0.15, 0.2) is 5.78 Å². The molecule has 6 nitrogen and oxygen atoms in total. The molecule has 0 unspecified atom stereocenters. The minimum Gasteiger partial charge on any atom is -0.478 e. The van der Waals surface area contributed by atoms with Crippen LogP contribution >= 0.6 is 0 Å². The van der Waals surface area contributed by atoms with E-state index in [0.29, 0.717) is 29.8 Å². The molecule has 176 valence electrons. The van der Waals surface area contributed by atoms with Gasteiger partial charge in [-0.15, -0.1) is 0 Å². The molecule has 0 saturated heterocycles. The van der Waals surface area contributed by atoms with E-state index in [9.17, 15) is 14.4 Å². The molecule has 1 amide bonds. The summed E-state index contributed by atoms with van der Waals surface area (Å²) in [5.74, 6) is -1.26. The Balaban J connectivity index is 1.93. The fourth-order valence-electron chi connectivity index (χ4n) is 3.91. The molecule has 0 saturated carbocycles. The van der Waals surface area contributed by atoms with Crippen LogP contribution in [-0.2, 0) is 10.2 Å². The second-order valence-corrected chi connectivity index (χ2v) is 16.1. The molecule has 0 radical (unpaired) electrons. The van der Waals surface area contributed by atoms with Crippen molar-refractivity contribution >= 4 is 31.4 Å². The molecule has 1 aliphatic rings. The Kier molecular flexibility index (Phi) is 7.24. The Bertz CT molecular complexity index is 1050. The normalized spacial score (nSPS) is 15.1. The standard InChI is InChI=1S/C26H33NO5Si/c1-26(2)13-12-23(28)21-16-20(10-11-22(21)26)27(17-32-14-15-33(3,4)5)24(29)18-6-8-19(9-7-18)25(30)31/h6-11,16H,12-15,17H2,1-5H3,(H,30,31). The van der Waals surface area contributed by atoms with Crippen LogP contribution in [0.4, 0.5) is 5.69 Å². The smallest absolute Gasteiger partial charge is 0.335 e. The first kappa shape index (κ1) is 24.9. The lowest BCUT2D eigenvalue weighted by atomic mass is 9.72. The molecule has 2 aromatic carbocycles. The number of hydrogen-bond acceptors (Lipinski definition) is 4. The number of ketones is 1. The van der Waals surface area contributed by atoms with Gasteiger partial charge in [-0.2, -0.15) is 0 Å². The number of amides is 1. The fraction of sp³-hybridized carbons (Fsp3) is 0.423. The summed E-state index contributed by atoms with van der Waals surface area (Å²) in [5, 5.41) is 9.15. The number of aromatic carboxylic acids is 1. The molecule has 0 bridgehead atoms. The minimum atomic E-state index is -1.29. The molecule has 0 fully saturated rings. The number of nitrogens with zero attached hydrogens (tertiary/aromatic N) is 1. The number of carboxylic acid groups (broad SMARTS) is 1. The van der Waals surface area contributed by atoms with Crippen molar-refractivity contribution in [2.75, 3.05) is 18.2 Å². The number of fused-ring (bicyclic) bond motifs is 1. The summed E-state index contributed by atoms with van der Waals surface area (Å²) in [5.41, 5.74) is 2.63. The highest BCUT2D eigenvalue weighted by atomic mass is 28.3. The Morgan fingerprint density at radius 3 is 2.30 bits per heavy atom. The number of carboxylic acids is 1. The number of rotatable bonds is 8. The number of ether oxygens (including phenoxy) is 1. The van der Waals surface area contributed by atoms with Crippen molar-refractivity contribution in [3.63, 3.8) is 0 Å². The molecule has 33 heavy (non-hydrogen) atoms. The lowest BCUT2D eigenvalue weighted by molar-refractivity contribution is 0.0695. The van der Waals surface area contributed by atoms with Crippen LogP contribution in [0.15, 0.2) is 42.5 Å². The second-order valence-electron chi connectivity index (χ2n) is 10.5. The lowest BCUT2D eigenvalue weighted by Crippen LogP contribution is -2.35. The summed E-state index contributed by atoms with van der Waals surface area (Å²) in [4.78, 5) is 38.8. The van der Waals surface area contributed by atoms with E-state index in [0.717, 1.165) is 18.0 Å². The summed E-state index contributed by atoms with van der Waals surface area (Å²) in [6.07, 6.45) is 1.29. The summed E-state index contributed by atoms with van der Waals surface area (Å²) in [7, 11) is -1.29. The van der Waals surface area contributed by atoms with E-state index in [4.69, 9.17) is 9.84 Å². The fourth-order valence-corrected chi connectivity index (χ4v) is 4.67. The Labute approximate surface area is 196 Å². The van der Waals surface area contributed by atoms with Crippen molar-refractivity contribution in [3.05, 3.63) is 64.7 Å². The molecule has 2 aromatic rings. The first-order chi connectivity index (χ1) is 15.4. The zero-order valence-corrected chi connectivity index (χ0v) is 21.1. The van der Waals surface area contributed by atoms with Crippen LogP contribution in [0.1, 0.15) is 63.3 Å². The number of benzene rings is 2.